The van der Waals surface area contributed by atoms with Gasteiger partial charge in [-0.05, 0) is 48.9 Å². The van der Waals surface area contributed by atoms with Gasteiger partial charge in [-0.3, -0.25) is 4.79 Å². The molecule has 1 aromatic carbocycles. The summed E-state index contributed by atoms with van der Waals surface area (Å²) in [7, 11) is 3.56. The van der Waals surface area contributed by atoms with Crippen LogP contribution >= 0.6 is 0 Å². The molecule has 2 aliphatic rings. The standard InChI is InChI=1S/C18H21N3O2/c1-21(2)18(22)11-5-6-14-13(10-11)16-12(7-8-19-16)17(20-14)15-4-3-9-23-15/h3-6,9-10,12,16-17,19-20H,7-8H2,1-2H3. The van der Waals surface area contributed by atoms with Gasteiger partial charge >= 0.3 is 0 Å². The summed E-state index contributed by atoms with van der Waals surface area (Å²) in [5.41, 5.74) is 3.00. The molecule has 23 heavy (non-hydrogen) atoms. The number of amides is 1. The van der Waals surface area contributed by atoms with Crippen molar-refractivity contribution in [2.24, 2.45) is 5.92 Å². The summed E-state index contributed by atoms with van der Waals surface area (Å²) in [6.07, 6.45) is 2.82. The average Bonchev–Trinajstić information content (AvgIpc) is 3.24. The maximum absolute atomic E-state index is 12.2. The van der Waals surface area contributed by atoms with Gasteiger partial charge in [0.05, 0.1) is 12.3 Å². The molecule has 2 N–H and O–H groups in total. The third-order valence-corrected chi connectivity index (χ3v) is 4.90. The summed E-state index contributed by atoms with van der Waals surface area (Å²) in [6, 6.07) is 10.3. The molecule has 0 radical (unpaired) electrons. The van der Waals surface area contributed by atoms with Gasteiger partial charge in [0, 0.05) is 37.3 Å². The minimum Gasteiger partial charge on any atom is -0.467 e. The molecule has 1 fully saturated rings. The smallest absolute Gasteiger partial charge is 0.253 e. The van der Waals surface area contributed by atoms with Crippen LogP contribution in [-0.2, 0) is 0 Å². The third kappa shape index (κ3) is 2.32. The Bertz CT molecular complexity index is 724. The minimum absolute atomic E-state index is 0.0375. The molecule has 1 amide bonds. The number of nitrogens with one attached hydrogen (secondary N) is 2. The molecule has 0 saturated carbocycles. The molecule has 2 aliphatic heterocycles. The SMILES string of the molecule is CN(C)C(=O)c1ccc2c(c1)C1NCCC1C(c1ccco1)N2. The van der Waals surface area contributed by atoms with E-state index >= 15 is 0 Å². The molecule has 2 aromatic rings. The van der Waals surface area contributed by atoms with Gasteiger partial charge in [0.25, 0.3) is 5.91 Å². The Morgan fingerprint density at radius 1 is 1.26 bits per heavy atom. The second-order valence-corrected chi connectivity index (χ2v) is 6.52. The molecule has 1 aromatic heterocycles. The van der Waals surface area contributed by atoms with Gasteiger partial charge < -0.3 is 20.0 Å². The van der Waals surface area contributed by atoms with Crippen LogP contribution in [0.1, 0.15) is 40.2 Å². The summed E-state index contributed by atoms with van der Waals surface area (Å²) < 4.78 is 5.64. The summed E-state index contributed by atoms with van der Waals surface area (Å²) in [5.74, 6) is 1.44. The van der Waals surface area contributed by atoms with E-state index in [0.29, 0.717) is 5.92 Å². The highest BCUT2D eigenvalue weighted by Gasteiger charge is 2.41. The highest BCUT2D eigenvalue weighted by Crippen LogP contribution is 2.47. The molecule has 5 nitrogen and oxygen atoms in total. The first-order valence-corrected chi connectivity index (χ1v) is 8.04. The number of rotatable bonds is 2. The molecule has 120 valence electrons. The number of furan rings is 1. The molecule has 4 rings (SSSR count). The fourth-order valence-electron chi connectivity index (χ4n) is 3.79. The molecule has 3 atom stereocenters. The quantitative estimate of drug-likeness (QED) is 0.895. The van der Waals surface area contributed by atoms with E-state index < -0.39 is 0 Å². The van der Waals surface area contributed by atoms with E-state index in [0.717, 1.165) is 30.0 Å². The van der Waals surface area contributed by atoms with Crippen molar-refractivity contribution in [3.63, 3.8) is 0 Å². The largest absolute Gasteiger partial charge is 0.467 e. The van der Waals surface area contributed by atoms with E-state index in [-0.39, 0.29) is 18.0 Å². The van der Waals surface area contributed by atoms with E-state index in [4.69, 9.17) is 4.42 Å². The highest BCUT2D eigenvalue weighted by atomic mass is 16.3. The van der Waals surface area contributed by atoms with Crippen molar-refractivity contribution in [3.8, 4) is 0 Å². The number of hydrogen-bond acceptors (Lipinski definition) is 4. The number of nitrogens with zero attached hydrogens (tertiary/aromatic N) is 1. The van der Waals surface area contributed by atoms with Crippen LogP contribution in [0.5, 0.6) is 0 Å². The predicted octanol–water partition coefficient (Wildman–Crippen LogP) is 2.80. The zero-order valence-corrected chi connectivity index (χ0v) is 13.4. The van der Waals surface area contributed by atoms with Crippen molar-refractivity contribution in [1.82, 2.24) is 10.2 Å². The van der Waals surface area contributed by atoms with Gasteiger partial charge in [0.2, 0.25) is 0 Å². The molecular formula is C18H21N3O2. The fraction of sp³-hybridized carbons (Fsp3) is 0.389. The molecule has 1 saturated heterocycles. The second kappa shape index (κ2) is 5.42. The Kier molecular flexibility index (Phi) is 3.38. The molecule has 3 heterocycles. The second-order valence-electron chi connectivity index (χ2n) is 6.52. The van der Waals surface area contributed by atoms with E-state index in [1.54, 1.807) is 25.3 Å². The number of benzene rings is 1. The van der Waals surface area contributed by atoms with Crippen LogP contribution in [0.4, 0.5) is 5.69 Å². The van der Waals surface area contributed by atoms with Gasteiger partial charge in [-0.1, -0.05) is 0 Å². The zero-order chi connectivity index (χ0) is 16.0. The molecule has 3 unspecified atom stereocenters. The van der Waals surface area contributed by atoms with Crippen LogP contribution < -0.4 is 10.6 Å². The summed E-state index contributed by atoms with van der Waals surface area (Å²) >= 11 is 0. The molecule has 0 spiro atoms. The Balaban J connectivity index is 1.74. The van der Waals surface area contributed by atoms with E-state index in [1.807, 2.05) is 30.3 Å². The van der Waals surface area contributed by atoms with Crippen molar-refractivity contribution in [2.75, 3.05) is 26.0 Å². The zero-order valence-electron chi connectivity index (χ0n) is 13.4. The van der Waals surface area contributed by atoms with Gasteiger partial charge in [-0.2, -0.15) is 0 Å². The fourth-order valence-corrected chi connectivity index (χ4v) is 3.79. The van der Waals surface area contributed by atoms with Crippen molar-refractivity contribution in [2.45, 2.75) is 18.5 Å². The molecular weight excluding hydrogens is 290 g/mol. The number of anilines is 1. The third-order valence-electron chi connectivity index (χ3n) is 4.90. The first-order valence-electron chi connectivity index (χ1n) is 8.04. The lowest BCUT2D eigenvalue weighted by Gasteiger charge is -2.36. The summed E-state index contributed by atoms with van der Waals surface area (Å²) in [5, 5.41) is 7.20. The molecule has 0 bridgehead atoms. The van der Waals surface area contributed by atoms with E-state index in [9.17, 15) is 4.79 Å². The average molecular weight is 311 g/mol. The van der Waals surface area contributed by atoms with Crippen LogP contribution in [0.15, 0.2) is 41.0 Å². The minimum atomic E-state index is 0.0375. The number of carbonyl (C=O) groups excluding carboxylic acids is 1. The van der Waals surface area contributed by atoms with E-state index in [1.165, 1.54) is 5.56 Å². The lowest BCUT2D eigenvalue weighted by Crippen LogP contribution is -2.32. The highest BCUT2D eigenvalue weighted by molar-refractivity contribution is 5.94. The van der Waals surface area contributed by atoms with Crippen LogP contribution in [0.25, 0.3) is 0 Å². The number of hydrogen-bond donors (Lipinski definition) is 2. The van der Waals surface area contributed by atoms with Crippen LogP contribution in [0.2, 0.25) is 0 Å². The normalized spacial score (nSPS) is 25.4. The molecule has 0 aliphatic carbocycles. The number of fused-ring (bicyclic) bond motifs is 3. The first kappa shape index (κ1) is 14.3. The first-order chi connectivity index (χ1) is 11.1. The monoisotopic (exact) mass is 311 g/mol. The van der Waals surface area contributed by atoms with Crippen LogP contribution in [0.3, 0.4) is 0 Å². The molecule has 5 heteroatoms. The Morgan fingerprint density at radius 2 is 2.13 bits per heavy atom. The van der Waals surface area contributed by atoms with Crippen molar-refractivity contribution in [1.29, 1.82) is 0 Å². The van der Waals surface area contributed by atoms with Crippen molar-refractivity contribution in [3.05, 3.63) is 53.5 Å². The topological polar surface area (TPSA) is 57.5 Å². The summed E-state index contributed by atoms with van der Waals surface area (Å²) in [6.45, 7) is 0.986. The Hall–Kier alpha value is -2.27. The van der Waals surface area contributed by atoms with Crippen molar-refractivity contribution >= 4 is 11.6 Å². The maximum Gasteiger partial charge on any atom is 0.253 e. The lowest BCUT2D eigenvalue weighted by atomic mass is 9.81. The van der Waals surface area contributed by atoms with Crippen molar-refractivity contribution < 1.29 is 9.21 Å². The maximum atomic E-state index is 12.2. The van der Waals surface area contributed by atoms with Gasteiger partial charge in [0.1, 0.15) is 5.76 Å². The van der Waals surface area contributed by atoms with Gasteiger partial charge in [0.15, 0.2) is 0 Å². The number of carbonyl (C=O) groups is 1. The summed E-state index contributed by atoms with van der Waals surface area (Å²) in [4.78, 5) is 13.9. The van der Waals surface area contributed by atoms with E-state index in [2.05, 4.69) is 10.6 Å². The van der Waals surface area contributed by atoms with Crippen LogP contribution in [-0.4, -0.2) is 31.4 Å². The predicted molar refractivity (Wildman–Crippen MR) is 88.4 cm³/mol. The van der Waals surface area contributed by atoms with Gasteiger partial charge in [-0.25, -0.2) is 0 Å². The Labute approximate surface area is 135 Å². The van der Waals surface area contributed by atoms with Gasteiger partial charge in [-0.15, -0.1) is 0 Å². The van der Waals surface area contributed by atoms with Crippen LogP contribution in [0, 0.1) is 5.92 Å². The lowest BCUT2D eigenvalue weighted by molar-refractivity contribution is 0.0827. The Morgan fingerprint density at radius 3 is 2.87 bits per heavy atom.